The topological polar surface area (TPSA) is 9.23 Å². The predicted octanol–water partition coefficient (Wildman–Crippen LogP) is 4.63. The number of hydrogen-bond acceptors (Lipinski definition) is 1. The van der Waals surface area contributed by atoms with Gasteiger partial charge in [-0.25, -0.2) is 12.1 Å². The first kappa shape index (κ1) is 18.0. The van der Waals surface area contributed by atoms with E-state index in [4.69, 9.17) is 11.2 Å². The van der Waals surface area contributed by atoms with E-state index in [2.05, 4.69) is 42.3 Å². The van der Waals surface area contributed by atoms with Gasteiger partial charge in [0, 0.05) is 0 Å². The quantitative estimate of drug-likeness (QED) is 0.293. The Hall–Kier alpha value is -2.04. The molecule has 0 heterocycles. The summed E-state index contributed by atoms with van der Waals surface area (Å²) in [4.78, 5) is 0. The molecule has 0 saturated carbocycles. The zero-order valence-electron chi connectivity index (χ0n) is 12.3. The molecule has 0 saturated heterocycles. The van der Waals surface area contributed by atoms with Crippen LogP contribution < -0.4 is 0 Å². The molecule has 3 aromatic carbocycles. The number of hydrogen-bond donors (Lipinski definition) is 0. The fourth-order valence-corrected chi connectivity index (χ4v) is 1.91. The fourth-order valence-electron chi connectivity index (χ4n) is 1.91. The molecule has 22 heavy (non-hydrogen) atoms. The molecule has 0 radical (unpaired) electrons. The molecule has 1 nitrogen and oxygen atoms in total. The van der Waals surface area contributed by atoms with Crippen LogP contribution in [0.3, 0.4) is 0 Å². The Balaban J connectivity index is 0.000000344. The van der Waals surface area contributed by atoms with Crippen LogP contribution in [0.4, 0.5) is 0 Å². The molecule has 0 aliphatic rings. The summed E-state index contributed by atoms with van der Waals surface area (Å²) in [6.07, 6.45) is 5.11. The van der Waals surface area contributed by atoms with Crippen molar-refractivity contribution in [2.75, 3.05) is 6.61 Å². The van der Waals surface area contributed by atoms with Crippen LogP contribution in [-0.2, 0) is 28.4 Å². The van der Waals surface area contributed by atoms with E-state index in [9.17, 15) is 0 Å². The van der Waals surface area contributed by atoms with Crippen molar-refractivity contribution in [2.24, 2.45) is 0 Å². The van der Waals surface area contributed by atoms with Crippen molar-refractivity contribution in [1.82, 2.24) is 0 Å². The monoisotopic (exact) mass is 330 g/mol. The van der Waals surface area contributed by atoms with Gasteiger partial charge in [-0.1, -0.05) is 23.6 Å². The largest absolute Gasteiger partial charge is 2.00 e. The van der Waals surface area contributed by atoms with Gasteiger partial charge < -0.3 is 4.74 Å². The minimum absolute atomic E-state index is 0. The summed E-state index contributed by atoms with van der Waals surface area (Å²) in [6.45, 7) is 0.941. The molecule has 0 spiro atoms. The standard InChI is InChI=1S/C15H13O.C5H5.Fe/c1-2-11-16-12-13-7-9-15(10-8-13)14-5-3-4-6-14;1-2-4-5-3-1;/h1,3-10H,11-12H2;1-5H;/q2*-1;+2. The number of benzene rings is 1. The molecule has 0 bridgehead atoms. The van der Waals surface area contributed by atoms with E-state index >= 15 is 0 Å². The van der Waals surface area contributed by atoms with Crippen LogP contribution in [-0.4, -0.2) is 6.61 Å². The van der Waals surface area contributed by atoms with Gasteiger partial charge in [0.1, 0.15) is 6.61 Å². The first-order valence-electron chi connectivity index (χ1n) is 6.89. The Bertz CT molecular complexity index is 611. The Labute approximate surface area is 143 Å². The molecule has 3 rings (SSSR count). The Morgan fingerprint density at radius 1 is 1.00 bits per heavy atom. The first-order valence-corrected chi connectivity index (χ1v) is 6.89. The van der Waals surface area contributed by atoms with Crippen molar-refractivity contribution >= 4 is 0 Å². The van der Waals surface area contributed by atoms with Gasteiger partial charge in [0.15, 0.2) is 0 Å². The summed E-state index contributed by atoms with van der Waals surface area (Å²) in [5.41, 5.74) is 3.62. The molecule has 0 amide bonds. The van der Waals surface area contributed by atoms with Crippen molar-refractivity contribution < 1.29 is 21.8 Å². The Morgan fingerprint density at radius 2 is 1.64 bits per heavy atom. The summed E-state index contributed by atoms with van der Waals surface area (Å²) >= 11 is 0. The molecule has 0 fully saturated rings. The van der Waals surface area contributed by atoms with E-state index in [1.165, 1.54) is 11.1 Å². The predicted molar refractivity (Wildman–Crippen MR) is 88.0 cm³/mol. The van der Waals surface area contributed by atoms with Gasteiger partial charge in [-0.3, -0.25) is 0 Å². The van der Waals surface area contributed by atoms with Crippen LogP contribution in [0.2, 0.25) is 0 Å². The molecule has 0 atom stereocenters. The van der Waals surface area contributed by atoms with E-state index in [-0.39, 0.29) is 17.1 Å². The van der Waals surface area contributed by atoms with Crippen LogP contribution in [0.5, 0.6) is 0 Å². The van der Waals surface area contributed by atoms with E-state index in [1.807, 2.05) is 42.5 Å². The van der Waals surface area contributed by atoms with Crippen LogP contribution in [0.1, 0.15) is 5.56 Å². The van der Waals surface area contributed by atoms with Gasteiger partial charge in [-0.15, -0.1) is 36.3 Å². The van der Waals surface area contributed by atoms with Gasteiger partial charge in [-0.2, -0.15) is 30.3 Å². The second-order valence-corrected chi connectivity index (χ2v) is 4.53. The summed E-state index contributed by atoms with van der Waals surface area (Å²) < 4.78 is 5.26. The Morgan fingerprint density at radius 3 is 2.14 bits per heavy atom. The Kier molecular flexibility index (Phi) is 8.72. The minimum atomic E-state index is 0. The number of terminal acetylenes is 1. The van der Waals surface area contributed by atoms with Gasteiger partial charge in [0.2, 0.25) is 0 Å². The molecule has 0 aliphatic heterocycles. The molecule has 0 unspecified atom stereocenters. The van der Waals surface area contributed by atoms with Gasteiger partial charge in [0.25, 0.3) is 0 Å². The molecule has 2 heteroatoms. The average molecular weight is 330 g/mol. The van der Waals surface area contributed by atoms with Crippen molar-refractivity contribution in [3.05, 3.63) is 84.4 Å². The minimum Gasteiger partial charge on any atom is -0.364 e. The first-order chi connectivity index (χ1) is 10.4. The summed E-state index contributed by atoms with van der Waals surface area (Å²) in [7, 11) is 0. The summed E-state index contributed by atoms with van der Waals surface area (Å²) in [6, 6.07) is 26.6. The van der Waals surface area contributed by atoms with Crippen molar-refractivity contribution in [3.63, 3.8) is 0 Å². The molecule has 112 valence electrons. The summed E-state index contributed by atoms with van der Waals surface area (Å²) in [5.74, 6) is 2.45. The average Bonchev–Trinajstić information content (AvgIpc) is 3.24. The van der Waals surface area contributed by atoms with E-state index in [1.54, 1.807) is 0 Å². The maximum atomic E-state index is 5.26. The summed E-state index contributed by atoms with van der Waals surface area (Å²) in [5, 5.41) is 0. The van der Waals surface area contributed by atoms with E-state index < -0.39 is 0 Å². The van der Waals surface area contributed by atoms with Crippen LogP contribution in [0.25, 0.3) is 11.1 Å². The van der Waals surface area contributed by atoms with Gasteiger partial charge in [-0.05, 0) is 5.56 Å². The van der Waals surface area contributed by atoms with Gasteiger partial charge >= 0.3 is 17.1 Å². The van der Waals surface area contributed by atoms with Crippen LogP contribution in [0, 0.1) is 12.3 Å². The SMILES string of the molecule is C#CCOCc1ccc(-[c-]2cccc2)cc1.[Fe+2].c1cc[cH-]c1. The molecule has 3 aromatic rings. The van der Waals surface area contributed by atoms with Crippen molar-refractivity contribution in [1.29, 1.82) is 0 Å². The molecule has 0 aromatic heterocycles. The smallest absolute Gasteiger partial charge is 0.364 e. The van der Waals surface area contributed by atoms with Gasteiger partial charge in [0.05, 0.1) is 6.61 Å². The maximum Gasteiger partial charge on any atom is 2.00 e. The van der Waals surface area contributed by atoms with E-state index in [0.29, 0.717) is 13.2 Å². The van der Waals surface area contributed by atoms with Crippen molar-refractivity contribution in [2.45, 2.75) is 6.61 Å². The third-order valence-corrected chi connectivity index (χ3v) is 2.96. The normalized spacial score (nSPS) is 9.05. The second kappa shape index (κ2) is 10.7. The molecule has 0 aliphatic carbocycles. The van der Waals surface area contributed by atoms with Crippen LogP contribution >= 0.6 is 0 Å². The zero-order valence-corrected chi connectivity index (χ0v) is 13.4. The fraction of sp³-hybridized carbons (Fsp3) is 0.100. The zero-order chi connectivity index (χ0) is 14.8. The molecular weight excluding hydrogens is 312 g/mol. The molecular formula is C20H18FeO. The van der Waals surface area contributed by atoms with Crippen LogP contribution in [0.15, 0.2) is 78.9 Å². The second-order valence-electron chi connectivity index (χ2n) is 4.53. The van der Waals surface area contributed by atoms with Crippen molar-refractivity contribution in [3.8, 4) is 23.5 Å². The third-order valence-electron chi connectivity index (χ3n) is 2.96. The maximum absolute atomic E-state index is 5.26. The molecule has 0 N–H and O–H groups in total. The number of ether oxygens (including phenoxy) is 1. The number of rotatable bonds is 4. The third kappa shape index (κ3) is 6.16. The van der Waals surface area contributed by atoms with E-state index in [0.717, 1.165) is 5.56 Å².